The third-order valence-corrected chi connectivity index (χ3v) is 2.88. The molecule has 0 saturated carbocycles. The molecule has 0 aromatic heterocycles. The summed E-state index contributed by atoms with van der Waals surface area (Å²) in [6.45, 7) is 5.15. The van der Waals surface area contributed by atoms with E-state index in [0.29, 0.717) is 28.9 Å². The van der Waals surface area contributed by atoms with Crippen LogP contribution in [0.4, 0.5) is 5.69 Å². The second kappa shape index (κ2) is 7.89. The summed E-state index contributed by atoms with van der Waals surface area (Å²) in [5, 5.41) is 6.48. The first kappa shape index (κ1) is 15.6. The molecule has 19 heavy (non-hydrogen) atoms. The van der Waals surface area contributed by atoms with Gasteiger partial charge in [-0.2, -0.15) is 0 Å². The second-order valence-electron chi connectivity index (χ2n) is 4.73. The Morgan fingerprint density at radius 1 is 1.42 bits per heavy atom. The number of nitrogens with one attached hydrogen (secondary N) is 2. The number of ether oxygens (including phenoxy) is 1. The van der Waals surface area contributed by atoms with Crippen molar-refractivity contribution < 1.29 is 9.53 Å². The summed E-state index contributed by atoms with van der Waals surface area (Å²) in [7, 11) is 1.58. The van der Waals surface area contributed by atoms with Gasteiger partial charge in [0.15, 0.2) is 0 Å². The summed E-state index contributed by atoms with van der Waals surface area (Å²) in [5.41, 5.74) is 0.717. The molecule has 0 saturated heterocycles. The largest absolute Gasteiger partial charge is 0.495 e. The minimum Gasteiger partial charge on any atom is -0.495 e. The van der Waals surface area contributed by atoms with E-state index in [9.17, 15) is 4.79 Å². The number of methoxy groups -OCH3 is 1. The van der Waals surface area contributed by atoms with Gasteiger partial charge in [-0.25, -0.2) is 0 Å². The molecule has 106 valence electrons. The van der Waals surface area contributed by atoms with Gasteiger partial charge >= 0.3 is 0 Å². The lowest BCUT2D eigenvalue weighted by atomic mass is 10.1. The van der Waals surface area contributed by atoms with Gasteiger partial charge in [-0.1, -0.05) is 25.4 Å². The zero-order valence-electron chi connectivity index (χ0n) is 11.6. The fourth-order valence-corrected chi connectivity index (χ4v) is 1.73. The van der Waals surface area contributed by atoms with Crippen LogP contribution in [0.15, 0.2) is 18.2 Å². The summed E-state index contributed by atoms with van der Waals surface area (Å²) in [4.78, 5) is 11.6. The molecule has 0 radical (unpaired) electrons. The standard InChI is InChI=1S/C14H21ClN2O2/c1-10(2)6-7-16-14(18)9-17-12-8-11(15)4-5-13(12)19-3/h4-5,8,10,17H,6-7,9H2,1-3H3,(H,16,18). The topological polar surface area (TPSA) is 50.4 Å². The summed E-state index contributed by atoms with van der Waals surface area (Å²) in [6, 6.07) is 5.25. The Morgan fingerprint density at radius 2 is 2.16 bits per heavy atom. The number of rotatable bonds is 7. The van der Waals surface area contributed by atoms with Crippen LogP contribution in [0.2, 0.25) is 5.02 Å². The number of hydrogen-bond donors (Lipinski definition) is 2. The molecule has 0 aliphatic carbocycles. The van der Waals surface area contributed by atoms with Gasteiger partial charge < -0.3 is 15.4 Å². The number of benzene rings is 1. The van der Waals surface area contributed by atoms with Gasteiger partial charge in [-0.15, -0.1) is 0 Å². The van der Waals surface area contributed by atoms with E-state index < -0.39 is 0 Å². The van der Waals surface area contributed by atoms with E-state index in [1.54, 1.807) is 25.3 Å². The first-order valence-corrected chi connectivity index (χ1v) is 6.75. The lowest BCUT2D eigenvalue weighted by Gasteiger charge is -2.12. The summed E-state index contributed by atoms with van der Waals surface area (Å²) in [6.07, 6.45) is 0.978. The maximum absolute atomic E-state index is 11.6. The highest BCUT2D eigenvalue weighted by atomic mass is 35.5. The molecule has 2 N–H and O–H groups in total. The Hall–Kier alpha value is -1.42. The van der Waals surface area contributed by atoms with Gasteiger partial charge in [0.25, 0.3) is 0 Å². The molecule has 0 aliphatic heterocycles. The molecule has 0 spiro atoms. The Morgan fingerprint density at radius 3 is 2.79 bits per heavy atom. The molecule has 0 atom stereocenters. The van der Waals surface area contributed by atoms with E-state index in [4.69, 9.17) is 16.3 Å². The average molecular weight is 285 g/mol. The van der Waals surface area contributed by atoms with Crippen molar-refractivity contribution in [3.8, 4) is 5.75 Å². The lowest BCUT2D eigenvalue weighted by Crippen LogP contribution is -2.31. The summed E-state index contributed by atoms with van der Waals surface area (Å²) < 4.78 is 5.19. The molecule has 4 nitrogen and oxygen atoms in total. The first-order chi connectivity index (χ1) is 9.02. The normalized spacial score (nSPS) is 10.4. The Labute approximate surface area is 119 Å². The van der Waals surface area contributed by atoms with Crippen LogP contribution >= 0.6 is 11.6 Å². The highest BCUT2D eigenvalue weighted by Gasteiger charge is 2.06. The highest BCUT2D eigenvalue weighted by molar-refractivity contribution is 6.30. The number of carbonyl (C=O) groups is 1. The number of amides is 1. The van der Waals surface area contributed by atoms with Crippen LogP contribution in [-0.2, 0) is 4.79 Å². The van der Waals surface area contributed by atoms with Gasteiger partial charge in [-0.05, 0) is 30.5 Å². The molecule has 0 unspecified atom stereocenters. The van der Waals surface area contributed by atoms with E-state index >= 15 is 0 Å². The van der Waals surface area contributed by atoms with Crippen molar-refractivity contribution >= 4 is 23.2 Å². The molecule has 0 fully saturated rings. The predicted molar refractivity (Wildman–Crippen MR) is 79.0 cm³/mol. The number of halogens is 1. The van der Waals surface area contributed by atoms with Gasteiger partial charge in [0.05, 0.1) is 19.3 Å². The van der Waals surface area contributed by atoms with E-state index in [1.165, 1.54) is 0 Å². The number of hydrogen-bond acceptors (Lipinski definition) is 3. The third-order valence-electron chi connectivity index (χ3n) is 2.64. The molecular formula is C14H21ClN2O2. The quantitative estimate of drug-likeness (QED) is 0.809. The number of carbonyl (C=O) groups excluding carboxylic acids is 1. The van der Waals surface area contributed by atoms with Crippen molar-refractivity contribution in [2.75, 3.05) is 25.5 Å². The summed E-state index contributed by atoms with van der Waals surface area (Å²) >= 11 is 5.91. The maximum atomic E-state index is 11.6. The molecule has 1 rings (SSSR count). The van der Waals surface area contributed by atoms with Crippen LogP contribution in [-0.4, -0.2) is 26.1 Å². The van der Waals surface area contributed by atoms with Crippen molar-refractivity contribution in [3.63, 3.8) is 0 Å². The van der Waals surface area contributed by atoms with Gasteiger partial charge in [0.2, 0.25) is 5.91 Å². The SMILES string of the molecule is COc1ccc(Cl)cc1NCC(=O)NCCC(C)C. The molecular weight excluding hydrogens is 264 g/mol. The van der Waals surface area contributed by atoms with Crippen LogP contribution in [0.3, 0.4) is 0 Å². The third kappa shape index (κ3) is 5.83. The van der Waals surface area contributed by atoms with Crippen molar-refractivity contribution in [3.05, 3.63) is 23.2 Å². The zero-order chi connectivity index (χ0) is 14.3. The van der Waals surface area contributed by atoms with Crippen molar-refractivity contribution in [1.82, 2.24) is 5.32 Å². The molecule has 5 heteroatoms. The fourth-order valence-electron chi connectivity index (χ4n) is 1.56. The minimum atomic E-state index is -0.0392. The average Bonchev–Trinajstić information content (AvgIpc) is 2.36. The van der Waals surface area contributed by atoms with Crippen LogP contribution in [0, 0.1) is 5.92 Å². The molecule has 1 amide bonds. The molecule has 0 aliphatic rings. The van der Waals surface area contributed by atoms with Crippen LogP contribution in [0.5, 0.6) is 5.75 Å². The Balaban J connectivity index is 2.43. The predicted octanol–water partition coefficient (Wildman–Crippen LogP) is 2.92. The van der Waals surface area contributed by atoms with E-state index in [1.807, 2.05) is 0 Å². The summed E-state index contributed by atoms with van der Waals surface area (Å²) in [5.74, 6) is 1.21. The lowest BCUT2D eigenvalue weighted by molar-refractivity contribution is -0.119. The van der Waals surface area contributed by atoms with Crippen LogP contribution < -0.4 is 15.4 Å². The fraction of sp³-hybridized carbons (Fsp3) is 0.500. The van der Waals surface area contributed by atoms with Crippen LogP contribution in [0.25, 0.3) is 0 Å². The second-order valence-corrected chi connectivity index (χ2v) is 5.17. The highest BCUT2D eigenvalue weighted by Crippen LogP contribution is 2.27. The van der Waals surface area contributed by atoms with Gasteiger partial charge in [0.1, 0.15) is 5.75 Å². The maximum Gasteiger partial charge on any atom is 0.239 e. The molecule has 0 bridgehead atoms. The van der Waals surface area contributed by atoms with Crippen LogP contribution in [0.1, 0.15) is 20.3 Å². The van der Waals surface area contributed by atoms with Gasteiger partial charge in [0, 0.05) is 11.6 Å². The minimum absolute atomic E-state index is 0.0392. The van der Waals surface area contributed by atoms with Gasteiger partial charge in [-0.3, -0.25) is 4.79 Å². The van der Waals surface area contributed by atoms with Crippen molar-refractivity contribution in [1.29, 1.82) is 0 Å². The van der Waals surface area contributed by atoms with Crippen molar-refractivity contribution in [2.45, 2.75) is 20.3 Å². The van der Waals surface area contributed by atoms with E-state index in [2.05, 4.69) is 24.5 Å². The molecule has 0 heterocycles. The first-order valence-electron chi connectivity index (χ1n) is 6.37. The molecule has 1 aromatic carbocycles. The molecule has 1 aromatic rings. The number of anilines is 1. The zero-order valence-corrected chi connectivity index (χ0v) is 12.4. The Kier molecular flexibility index (Phi) is 6.50. The monoisotopic (exact) mass is 284 g/mol. The smallest absolute Gasteiger partial charge is 0.239 e. The van der Waals surface area contributed by atoms with E-state index in [-0.39, 0.29) is 12.5 Å². The Bertz CT molecular complexity index is 422. The van der Waals surface area contributed by atoms with Crippen molar-refractivity contribution in [2.24, 2.45) is 5.92 Å². The van der Waals surface area contributed by atoms with E-state index in [0.717, 1.165) is 6.42 Å².